The molecule has 1 saturated carbocycles. The van der Waals surface area contributed by atoms with Crippen molar-refractivity contribution in [2.45, 2.75) is 25.3 Å². The molecule has 6 nitrogen and oxygen atoms in total. The van der Waals surface area contributed by atoms with E-state index in [0.29, 0.717) is 28.9 Å². The molecule has 154 valence electrons. The van der Waals surface area contributed by atoms with E-state index in [2.05, 4.69) is 4.98 Å². The average Bonchev–Trinajstić information content (AvgIpc) is 3.66. The van der Waals surface area contributed by atoms with Crippen LogP contribution in [0.4, 0.5) is 0 Å². The minimum absolute atomic E-state index is 0.0382. The van der Waals surface area contributed by atoms with Gasteiger partial charge in [-0.05, 0) is 59.9 Å². The fraction of sp³-hybridized carbons (Fsp3) is 0.200. The van der Waals surface area contributed by atoms with Crippen LogP contribution in [-0.4, -0.2) is 27.6 Å². The van der Waals surface area contributed by atoms with Crippen LogP contribution in [0.25, 0.3) is 22.0 Å². The van der Waals surface area contributed by atoms with Gasteiger partial charge in [-0.15, -0.1) is 0 Å². The van der Waals surface area contributed by atoms with E-state index in [-0.39, 0.29) is 11.5 Å². The molecular weight excluding hydrogens is 390 g/mol. The summed E-state index contributed by atoms with van der Waals surface area (Å²) in [5.74, 6) is 0.830. The Morgan fingerprint density at radius 1 is 1.10 bits per heavy atom. The third kappa shape index (κ3) is 3.72. The number of hydrogen-bond acceptors (Lipinski definition) is 5. The summed E-state index contributed by atoms with van der Waals surface area (Å²) in [6.45, 7) is 0.458. The standard InChI is InChI=1S/C25H21N3O3/c1-31-25(30)19-8-4-17(5-9-19)20-10-11-22-21(13-20)24(29)28(23(27-22)18-6-7-18)15-16-3-2-12-26-14-16/h2-5,8-14,18H,6-7,15H2,1H3. The number of pyridine rings is 1. The third-order valence-electron chi connectivity index (χ3n) is 5.63. The zero-order valence-corrected chi connectivity index (χ0v) is 17.1. The van der Waals surface area contributed by atoms with E-state index >= 15 is 0 Å². The maximum Gasteiger partial charge on any atom is 0.337 e. The van der Waals surface area contributed by atoms with Crippen molar-refractivity contribution in [2.24, 2.45) is 0 Å². The van der Waals surface area contributed by atoms with Gasteiger partial charge in [0.05, 0.1) is 30.1 Å². The number of carbonyl (C=O) groups is 1. The second kappa shape index (κ2) is 7.80. The zero-order chi connectivity index (χ0) is 21.4. The van der Waals surface area contributed by atoms with Gasteiger partial charge in [0.25, 0.3) is 5.56 Å². The van der Waals surface area contributed by atoms with Crippen molar-refractivity contribution in [3.63, 3.8) is 0 Å². The monoisotopic (exact) mass is 411 g/mol. The molecule has 0 unspecified atom stereocenters. The largest absolute Gasteiger partial charge is 0.465 e. The maximum atomic E-state index is 13.5. The molecule has 0 atom stereocenters. The van der Waals surface area contributed by atoms with Gasteiger partial charge in [0, 0.05) is 18.3 Å². The zero-order valence-electron chi connectivity index (χ0n) is 17.1. The SMILES string of the molecule is COC(=O)c1ccc(-c2ccc3nc(C4CC4)n(Cc4cccnc4)c(=O)c3c2)cc1. The van der Waals surface area contributed by atoms with E-state index in [1.807, 2.05) is 42.5 Å². The second-order valence-electron chi connectivity index (χ2n) is 7.80. The van der Waals surface area contributed by atoms with E-state index in [1.165, 1.54) is 7.11 Å². The Kier molecular flexibility index (Phi) is 4.82. The molecule has 1 aliphatic carbocycles. The van der Waals surface area contributed by atoms with E-state index in [9.17, 15) is 9.59 Å². The summed E-state index contributed by atoms with van der Waals surface area (Å²) in [5, 5.41) is 0.586. The fourth-order valence-electron chi connectivity index (χ4n) is 3.81. The van der Waals surface area contributed by atoms with Gasteiger partial charge in [-0.1, -0.05) is 24.3 Å². The number of nitrogens with zero attached hydrogens (tertiary/aromatic N) is 3. The molecule has 0 amide bonds. The number of hydrogen-bond donors (Lipinski definition) is 0. The Morgan fingerprint density at radius 2 is 1.87 bits per heavy atom. The molecule has 31 heavy (non-hydrogen) atoms. The Labute approximate surface area is 179 Å². The quantitative estimate of drug-likeness (QED) is 0.461. The maximum absolute atomic E-state index is 13.5. The molecule has 0 spiro atoms. The molecule has 6 heteroatoms. The van der Waals surface area contributed by atoms with Gasteiger partial charge in [0.1, 0.15) is 5.82 Å². The third-order valence-corrected chi connectivity index (χ3v) is 5.63. The van der Waals surface area contributed by atoms with Crippen LogP contribution in [0, 0.1) is 0 Å². The Bertz CT molecular complexity index is 1320. The number of benzene rings is 2. The Balaban J connectivity index is 1.59. The van der Waals surface area contributed by atoms with Crippen LogP contribution < -0.4 is 5.56 Å². The fourth-order valence-corrected chi connectivity index (χ4v) is 3.81. The van der Waals surface area contributed by atoms with Gasteiger partial charge in [0.2, 0.25) is 0 Å². The van der Waals surface area contributed by atoms with Crippen molar-refractivity contribution in [3.05, 3.63) is 94.3 Å². The highest BCUT2D eigenvalue weighted by molar-refractivity contribution is 5.90. The summed E-state index contributed by atoms with van der Waals surface area (Å²) in [6.07, 6.45) is 5.64. The molecule has 2 heterocycles. The first-order valence-electron chi connectivity index (χ1n) is 10.3. The average molecular weight is 411 g/mol. The summed E-state index contributed by atoms with van der Waals surface area (Å²) in [4.78, 5) is 34.2. The topological polar surface area (TPSA) is 74.1 Å². The van der Waals surface area contributed by atoms with E-state index in [4.69, 9.17) is 9.72 Å². The lowest BCUT2D eigenvalue weighted by Crippen LogP contribution is -2.25. The van der Waals surface area contributed by atoms with E-state index < -0.39 is 0 Å². The minimum Gasteiger partial charge on any atom is -0.465 e. The smallest absolute Gasteiger partial charge is 0.337 e. The number of carbonyl (C=O) groups excluding carboxylic acids is 1. The number of methoxy groups -OCH3 is 1. The van der Waals surface area contributed by atoms with Crippen LogP contribution in [0.5, 0.6) is 0 Å². The summed E-state index contributed by atoms with van der Waals surface area (Å²) in [7, 11) is 1.36. The molecule has 1 fully saturated rings. The van der Waals surface area contributed by atoms with Gasteiger partial charge < -0.3 is 4.74 Å². The van der Waals surface area contributed by atoms with Crippen molar-refractivity contribution in [2.75, 3.05) is 7.11 Å². The normalized spacial score (nSPS) is 13.3. The molecule has 0 radical (unpaired) electrons. The molecule has 5 rings (SSSR count). The molecular formula is C25H21N3O3. The van der Waals surface area contributed by atoms with Crippen LogP contribution in [0.3, 0.4) is 0 Å². The lowest BCUT2D eigenvalue weighted by atomic mass is 10.0. The number of esters is 1. The first-order valence-corrected chi connectivity index (χ1v) is 10.3. The van der Waals surface area contributed by atoms with Crippen LogP contribution in [0.2, 0.25) is 0 Å². The molecule has 2 aromatic heterocycles. The van der Waals surface area contributed by atoms with Gasteiger partial charge >= 0.3 is 5.97 Å². The summed E-state index contributed by atoms with van der Waals surface area (Å²) >= 11 is 0. The van der Waals surface area contributed by atoms with Crippen LogP contribution >= 0.6 is 0 Å². The van der Waals surface area contributed by atoms with Crippen molar-refractivity contribution in [1.29, 1.82) is 0 Å². The molecule has 1 aliphatic rings. The number of rotatable bonds is 5. The Morgan fingerprint density at radius 3 is 2.55 bits per heavy atom. The van der Waals surface area contributed by atoms with Crippen molar-refractivity contribution in [3.8, 4) is 11.1 Å². The van der Waals surface area contributed by atoms with Crippen molar-refractivity contribution >= 4 is 16.9 Å². The summed E-state index contributed by atoms with van der Waals surface area (Å²) in [5.41, 5.74) is 3.95. The van der Waals surface area contributed by atoms with Gasteiger partial charge in [-0.3, -0.25) is 14.3 Å². The first kappa shape index (κ1) is 19.2. The van der Waals surface area contributed by atoms with Gasteiger partial charge in [0.15, 0.2) is 0 Å². The van der Waals surface area contributed by atoms with Crippen molar-refractivity contribution in [1.82, 2.24) is 14.5 Å². The molecule has 0 aliphatic heterocycles. The highest BCUT2D eigenvalue weighted by Gasteiger charge is 2.29. The molecule has 0 bridgehead atoms. The first-order chi connectivity index (χ1) is 15.1. The highest BCUT2D eigenvalue weighted by Crippen LogP contribution is 2.39. The van der Waals surface area contributed by atoms with Gasteiger partial charge in [-0.25, -0.2) is 9.78 Å². The van der Waals surface area contributed by atoms with E-state index in [1.54, 1.807) is 29.1 Å². The number of aromatic nitrogens is 3. The summed E-state index contributed by atoms with van der Waals surface area (Å²) < 4.78 is 6.55. The predicted octanol–water partition coefficient (Wildman–Crippen LogP) is 4.17. The van der Waals surface area contributed by atoms with Gasteiger partial charge in [-0.2, -0.15) is 0 Å². The molecule has 0 N–H and O–H groups in total. The Hall–Kier alpha value is -3.80. The van der Waals surface area contributed by atoms with Crippen molar-refractivity contribution < 1.29 is 9.53 Å². The molecule has 0 saturated heterocycles. The second-order valence-corrected chi connectivity index (χ2v) is 7.80. The van der Waals surface area contributed by atoms with Crippen LogP contribution in [-0.2, 0) is 11.3 Å². The highest BCUT2D eigenvalue weighted by atomic mass is 16.5. The molecule has 2 aromatic carbocycles. The van der Waals surface area contributed by atoms with Crippen LogP contribution in [0.1, 0.15) is 40.5 Å². The lowest BCUT2D eigenvalue weighted by Gasteiger charge is -2.14. The van der Waals surface area contributed by atoms with E-state index in [0.717, 1.165) is 35.4 Å². The number of fused-ring (bicyclic) bond motifs is 1. The predicted molar refractivity (Wildman–Crippen MR) is 118 cm³/mol. The molecule has 4 aromatic rings. The summed E-state index contributed by atoms with van der Waals surface area (Å²) in [6, 6.07) is 16.8. The lowest BCUT2D eigenvalue weighted by molar-refractivity contribution is 0.0601. The number of ether oxygens (including phenoxy) is 1. The minimum atomic E-state index is -0.375. The van der Waals surface area contributed by atoms with Crippen LogP contribution in [0.15, 0.2) is 71.8 Å².